The van der Waals surface area contributed by atoms with Crippen molar-refractivity contribution in [3.8, 4) is 5.75 Å². The van der Waals surface area contributed by atoms with E-state index < -0.39 is 0 Å². The third-order valence-electron chi connectivity index (χ3n) is 4.00. The molecule has 8 nitrogen and oxygen atoms in total. The molecule has 0 spiro atoms. The number of hydrogen-bond donors (Lipinski definition) is 3. The molecule has 0 aliphatic heterocycles. The standard InChI is InChI=1S/C20H23N5O3/c1-12(2)28-16-7-6-13(20(27)21-3)11-15(16)24-18(26)9-8-17-23-14-5-4-10-22-19(14)25-17/h4-7,10-12H,8-9H2,1-3H3,(H,21,27)(H,24,26)(H,22,23,25). The number of aromatic nitrogens is 3. The summed E-state index contributed by atoms with van der Waals surface area (Å²) in [4.78, 5) is 36.1. The van der Waals surface area contributed by atoms with Crippen LogP contribution in [0.25, 0.3) is 11.2 Å². The molecule has 28 heavy (non-hydrogen) atoms. The van der Waals surface area contributed by atoms with E-state index in [-0.39, 0.29) is 24.3 Å². The molecule has 2 heterocycles. The van der Waals surface area contributed by atoms with Gasteiger partial charge in [-0.2, -0.15) is 0 Å². The van der Waals surface area contributed by atoms with Crippen molar-refractivity contribution in [2.24, 2.45) is 0 Å². The van der Waals surface area contributed by atoms with E-state index >= 15 is 0 Å². The summed E-state index contributed by atoms with van der Waals surface area (Å²) in [6.07, 6.45) is 2.28. The van der Waals surface area contributed by atoms with E-state index in [2.05, 4.69) is 25.6 Å². The van der Waals surface area contributed by atoms with Crippen LogP contribution >= 0.6 is 0 Å². The molecule has 0 bridgehead atoms. The first kappa shape index (κ1) is 19.3. The van der Waals surface area contributed by atoms with E-state index in [9.17, 15) is 9.59 Å². The van der Waals surface area contributed by atoms with Gasteiger partial charge in [0.2, 0.25) is 5.91 Å². The molecule has 0 aliphatic rings. The summed E-state index contributed by atoms with van der Waals surface area (Å²) in [7, 11) is 1.56. The molecule has 3 N–H and O–H groups in total. The fourth-order valence-corrected chi connectivity index (χ4v) is 2.73. The fourth-order valence-electron chi connectivity index (χ4n) is 2.73. The lowest BCUT2D eigenvalue weighted by Crippen LogP contribution is -2.19. The molecule has 0 radical (unpaired) electrons. The van der Waals surface area contributed by atoms with Gasteiger partial charge in [-0.3, -0.25) is 9.59 Å². The van der Waals surface area contributed by atoms with Gasteiger partial charge in [0.25, 0.3) is 5.91 Å². The minimum absolute atomic E-state index is 0.0652. The Morgan fingerprint density at radius 2 is 2.07 bits per heavy atom. The van der Waals surface area contributed by atoms with Crippen molar-refractivity contribution in [1.82, 2.24) is 20.3 Å². The van der Waals surface area contributed by atoms with Crippen molar-refractivity contribution >= 4 is 28.7 Å². The predicted molar refractivity (Wildman–Crippen MR) is 106 cm³/mol. The molecule has 0 fully saturated rings. The summed E-state index contributed by atoms with van der Waals surface area (Å²) in [6.45, 7) is 3.79. The number of anilines is 1. The highest BCUT2D eigenvalue weighted by Crippen LogP contribution is 2.27. The molecular formula is C20H23N5O3. The SMILES string of the molecule is CNC(=O)c1ccc(OC(C)C)c(NC(=O)CCc2nc3ncccc3[nH]2)c1. The Kier molecular flexibility index (Phi) is 5.88. The molecule has 3 rings (SSSR count). The van der Waals surface area contributed by atoms with Crippen LogP contribution in [0.3, 0.4) is 0 Å². The molecule has 8 heteroatoms. The Labute approximate surface area is 162 Å². The third-order valence-corrected chi connectivity index (χ3v) is 4.00. The lowest BCUT2D eigenvalue weighted by atomic mass is 10.1. The Morgan fingerprint density at radius 1 is 1.25 bits per heavy atom. The van der Waals surface area contributed by atoms with Crippen molar-refractivity contribution in [2.45, 2.75) is 32.8 Å². The Hall–Kier alpha value is -3.42. The highest BCUT2D eigenvalue weighted by molar-refractivity contribution is 5.98. The molecule has 1 aromatic carbocycles. The van der Waals surface area contributed by atoms with E-state index in [4.69, 9.17) is 4.74 Å². The summed E-state index contributed by atoms with van der Waals surface area (Å²) in [5.41, 5.74) is 2.37. The zero-order chi connectivity index (χ0) is 20.1. The third kappa shape index (κ3) is 4.64. The quantitative estimate of drug-likeness (QED) is 0.583. The van der Waals surface area contributed by atoms with E-state index in [1.54, 1.807) is 31.4 Å². The number of amides is 2. The number of carbonyl (C=O) groups excluding carboxylic acids is 2. The minimum atomic E-state index is -0.235. The van der Waals surface area contributed by atoms with Crippen LogP contribution < -0.4 is 15.4 Å². The molecule has 146 valence electrons. The number of carbonyl (C=O) groups is 2. The van der Waals surface area contributed by atoms with Gasteiger partial charge in [-0.05, 0) is 44.2 Å². The minimum Gasteiger partial charge on any atom is -0.489 e. The van der Waals surface area contributed by atoms with Crippen LogP contribution in [0.4, 0.5) is 5.69 Å². The fraction of sp³-hybridized carbons (Fsp3) is 0.300. The lowest BCUT2D eigenvalue weighted by Gasteiger charge is -2.16. The molecule has 0 unspecified atom stereocenters. The van der Waals surface area contributed by atoms with E-state index in [1.165, 1.54) is 0 Å². The molecule has 2 amide bonds. The number of imidazole rings is 1. The van der Waals surface area contributed by atoms with Gasteiger partial charge >= 0.3 is 0 Å². The van der Waals surface area contributed by atoms with Crippen LogP contribution in [0.15, 0.2) is 36.5 Å². The number of pyridine rings is 1. The first-order chi connectivity index (χ1) is 13.5. The van der Waals surface area contributed by atoms with Gasteiger partial charge in [-0.1, -0.05) is 0 Å². The Morgan fingerprint density at radius 3 is 2.79 bits per heavy atom. The number of aromatic amines is 1. The maximum atomic E-state index is 12.5. The lowest BCUT2D eigenvalue weighted by molar-refractivity contribution is -0.116. The van der Waals surface area contributed by atoms with Crippen LogP contribution in [0.5, 0.6) is 5.75 Å². The smallest absolute Gasteiger partial charge is 0.251 e. The van der Waals surface area contributed by atoms with Gasteiger partial charge in [0.15, 0.2) is 5.65 Å². The Balaban J connectivity index is 1.71. The van der Waals surface area contributed by atoms with E-state index in [1.807, 2.05) is 26.0 Å². The van der Waals surface area contributed by atoms with E-state index in [0.717, 1.165) is 5.52 Å². The highest BCUT2D eigenvalue weighted by atomic mass is 16.5. The van der Waals surface area contributed by atoms with Gasteiger partial charge in [0, 0.05) is 31.6 Å². The second-order valence-electron chi connectivity index (χ2n) is 6.56. The number of nitrogens with zero attached hydrogens (tertiary/aromatic N) is 2. The maximum absolute atomic E-state index is 12.5. The molecule has 0 saturated heterocycles. The van der Waals surface area contributed by atoms with Gasteiger partial charge in [-0.15, -0.1) is 0 Å². The topological polar surface area (TPSA) is 109 Å². The number of nitrogens with one attached hydrogen (secondary N) is 3. The molecule has 0 aliphatic carbocycles. The molecule has 2 aromatic heterocycles. The number of hydrogen-bond acceptors (Lipinski definition) is 5. The average molecular weight is 381 g/mol. The molecule has 0 saturated carbocycles. The van der Waals surface area contributed by atoms with Gasteiger partial charge in [-0.25, -0.2) is 9.97 Å². The molecular weight excluding hydrogens is 358 g/mol. The second kappa shape index (κ2) is 8.51. The Bertz CT molecular complexity index is 963. The first-order valence-corrected chi connectivity index (χ1v) is 9.08. The first-order valence-electron chi connectivity index (χ1n) is 9.08. The highest BCUT2D eigenvalue weighted by Gasteiger charge is 2.14. The van der Waals surface area contributed by atoms with Crippen LogP contribution in [0.1, 0.15) is 36.5 Å². The average Bonchev–Trinajstić information content (AvgIpc) is 3.09. The summed E-state index contributed by atoms with van der Waals surface area (Å²) in [5.74, 6) is 0.781. The molecule has 3 aromatic rings. The number of ether oxygens (including phenoxy) is 1. The summed E-state index contributed by atoms with van der Waals surface area (Å²) in [6, 6.07) is 8.67. The maximum Gasteiger partial charge on any atom is 0.251 e. The second-order valence-corrected chi connectivity index (χ2v) is 6.56. The summed E-state index contributed by atoms with van der Waals surface area (Å²) < 4.78 is 5.74. The van der Waals surface area contributed by atoms with Crippen molar-refractivity contribution in [1.29, 1.82) is 0 Å². The zero-order valence-electron chi connectivity index (χ0n) is 16.1. The van der Waals surface area contributed by atoms with Crippen molar-refractivity contribution in [2.75, 3.05) is 12.4 Å². The van der Waals surface area contributed by atoms with Crippen LogP contribution in [0.2, 0.25) is 0 Å². The van der Waals surface area contributed by atoms with Gasteiger partial charge in [0.05, 0.1) is 17.3 Å². The zero-order valence-corrected chi connectivity index (χ0v) is 16.1. The van der Waals surface area contributed by atoms with Crippen molar-refractivity contribution < 1.29 is 14.3 Å². The molecule has 0 atom stereocenters. The van der Waals surface area contributed by atoms with Crippen molar-refractivity contribution in [3.63, 3.8) is 0 Å². The van der Waals surface area contributed by atoms with Gasteiger partial charge in [0.1, 0.15) is 11.6 Å². The van der Waals surface area contributed by atoms with Crippen molar-refractivity contribution in [3.05, 3.63) is 47.9 Å². The van der Waals surface area contributed by atoms with Crippen LogP contribution in [0, 0.1) is 0 Å². The number of H-pyrrole nitrogens is 1. The van der Waals surface area contributed by atoms with Gasteiger partial charge < -0.3 is 20.4 Å². The number of rotatable bonds is 7. The predicted octanol–water partition coefficient (Wildman–Crippen LogP) is 2.68. The monoisotopic (exact) mass is 381 g/mol. The summed E-state index contributed by atoms with van der Waals surface area (Å²) in [5, 5.41) is 5.41. The largest absolute Gasteiger partial charge is 0.489 e. The van der Waals surface area contributed by atoms with E-state index in [0.29, 0.717) is 34.9 Å². The number of benzene rings is 1. The van der Waals surface area contributed by atoms with Crippen LogP contribution in [-0.2, 0) is 11.2 Å². The number of fused-ring (bicyclic) bond motifs is 1. The van der Waals surface area contributed by atoms with Crippen LogP contribution in [-0.4, -0.2) is 39.9 Å². The summed E-state index contributed by atoms with van der Waals surface area (Å²) >= 11 is 0. The number of aryl methyl sites for hydroxylation is 1. The normalized spacial score (nSPS) is 10.9.